The van der Waals surface area contributed by atoms with E-state index in [2.05, 4.69) is 20.6 Å². The molecule has 4 rings (SSSR count). The lowest BCUT2D eigenvalue weighted by atomic mass is 10.0. The molecular weight excluding hydrogens is 394 g/mol. The number of amides is 2. The molecule has 0 spiro atoms. The van der Waals surface area contributed by atoms with E-state index in [1.165, 1.54) is 6.33 Å². The number of anilines is 2. The number of nitrogens with one attached hydrogen (secondary N) is 2. The van der Waals surface area contributed by atoms with Gasteiger partial charge in [-0.05, 0) is 61.2 Å². The molecule has 31 heavy (non-hydrogen) atoms. The van der Waals surface area contributed by atoms with Gasteiger partial charge in [-0.25, -0.2) is 14.8 Å². The molecule has 1 saturated heterocycles. The van der Waals surface area contributed by atoms with Gasteiger partial charge in [0.05, 0.1) is 10.9 Å². The highest BCUT2D eigenvalue weighted by molar-refractivity contribution is 5.89. The molecule has 0 atom stereocenters. The van der Waals surface area contributed by atoms with Crippen LogP contribution in [0, 0.1) is 5.92 Å². The molecule has 1 aliphatic heterocycles. The lowest BCUT2D eigenvalue weighted by Crippen LogP contribution is -2.35. The van der Waals surface area contributed by atoms with Crippen molar-refractivity contribution in [2.45, 2.75) is 12.8 Å². The second kappa shape index (κ2) is 9.61. The van der Waals surface area contributed by atoms with Crippen LogP contribution in [0.1, 0.15) is 12.8 Å². The van der Waals surface area contributed by atoms with E-state index in [1.807, 2.05) is 37.2 Å². The molecular formula is C23H27N5O3. The fourth-order valence-electron chi connectivity index (χ4n) is 3.46. The number of hydrogen-bond donors (Lipinski definition) is 2. The van der Waals surface area contributed by atoms with E-state index in [0.717, 1.165) is 42.6 Å². The quantitative estimate of drug-likeness (QED) is 0.625. The van der Waals surface area contributed by atoms with E-state index in [1.54, 1.807) is 24.3 Å². The van der Waals surface area contributed by atoms with Crippen LogP contribution in [-0.4, -0.2) is 49.9 Å². The molecule has 0 aliphatic carbocycles. The van der Waals surface area contributed by atoms with Crippen molar-refractivity contribution >= 4 is 28.3 Å². The summed E-state index contributed by atoms with van der Waals surface area (Å²) in [5.74, 6) is 1.60. The summed E-state index contributed by atoms with van der Waals surface area (Å²) in [6.07, 6.45) is 3.47. The Balaban J connectivity index is 1.36. The van der Waals surface area contributed by atoms with E-state index >= 15 is 0 Å². The van der Waals surface area contributed by atoms with Crippen LogP contribution in [0.2, 0.25) is 0 Å². The molecule has 1 aliphatic rings. The number of nitrogens with zero attached hydrogens (tertiary/aromatic N) is 3. The molecule has 2 N–H and O–H groups in total. The monoisotopic (exact) mass is 421 g/mol. The van der Waals surface area contributed by atoms with Crippen LogP contribution < -0.4 is 20.3 Å². The normalized spacial score (nSPS) is 14.3. The molecule has 2 heterocycles. The first kappa shape index (κ1) is 20.9. The third-order valence-electron chi connectivity index (χ3n) is 5.32. The molecule has 1 aromatic heterocycles. The first-order valence-electron chi connectivity index (χ1n) is 10.4. The van der Waals surface area contributed by atoms with Gasteiger partial charge in [-0.2, -0.15) is 0 Å². The molecule has 0 unspecified atom stereocenters. The lowest BCUT2D eigenvalue weighted by Gasteiger charge is -2.22. The van der Waals surface area contributed by atoms with Gasteiger partial charge in [-0.3, -0.25) is 0 Å². The van der Waals surface area contributed by atoms with Crippen molar-refractivity contribution in [1.82, 2.24) is 15.3 Å². The van der Waals surface area contributed by atoms with Gasteiger partial charge in [0.25, 0.3) is 0 Å². The Morgan fingerprint density at radius 3 is 2.65 bits per heavy atom. The Hall–Kier alpha value is -3.39. The van der Waals surface area contributed by atoms with E-state index in [4.69, 9.17) is 9.47 Å². The highest BCUT2D eigenvalue weighted by Gasteiger charge is 2.14. The number of urea groups is 1. The topological polar surface area (TPSA) is 88.6 Å². The molecule has 0 saturated carbocycles. The lowest BCUT2D eigenvalue weighted by molar-refractivity contribution is 0.0671. The standard InChI is InChI=1S/C23H27N5O3/c1-28(2)18-5-8-20-21(13-18)25-15-26-22(20)31-19-6-3-17(4-7-19)27-23(29)24-14-16-9-11-30-12-10-16/h3-8,13,15-16H,9-12,14H2,1-2H3,(H2,24,27,29). The summed E-state index contributed by atoms with van der Waals surface area (Å²) in [5.41, 5.74) is 2.57. The molecule has 1 fully saturated rings. The number of carbonyl (C=O) groups excluding carboxylic acids is 1. The van der Waals surface area contributed by atoms with Crippen molar-refractivity contribution in [3.8, 4) is 11.6 Å². The van der Waals surface area contributed by atoms with Gasteiger partial charge < -0.3 is 25.0 Å². The van der Waals surface area contributed by atoms with E-state index in [-0.39, 0.29) is 6.03 Å². The number of ether oxygens (including phenoxy) is 2. The summed E-state index contributed by atoms with van der Waals surface area (Å²) in [7, 11) is 3.97. The zero-order valence-electron chi connectivity index (χ0n) is 17.8. The van der Waals surface area contributed by atoms with Crippen LogP contribution in [0.4, 0.5) is 16.2 Å². The van der Waals surface area contributed by atoms with Crippen molar-refractivity contribution in [3.05, 3.63) is 48.8 Å². The Morgan fingerprint density at radius 1 is 1.13 bits per heavy atom. The summed E-state index contributed by atoms with van der Waals surface area (Å²) in [4.78, 5) is 22.8. The number of aromatic nitrogens is 2. The molecule has 162 valence electrons. The molecule has 2 aromatic carbocycles. The second-order valence-corrected chi connectivity index (χ2v) is 7.79. The third kappa shape index (κ3) is 5.40. The summed E-state index contributed by atoms with van der Waals surface area (Å²) < 4.78 is 11.3. The maximum atomic E-state index is 12.1. The molecule has 8 nitrogen and oxygen atoms in total. The van der Waals surface area contributed by atoms with Crippen LogP contribution in [-0.2, 0) is 4.74 Å². The van der Waals surface area contributed by atoms with Crippen molar-refractivity contribution < 1.29 is 14.3 Å². The number of benzene rings is 2. The predicted molar refractivity (Wildman–Crippen MR) is 121 cm³/mol. The van der Waals surface area contributed by atoms with Crippen LogP contribution in [0.25, 0.3) is 10.9 Å². The zero-order valence-corrected chi connectivity index (χ0v) is 17.8. The summed E-state index contributed by atoms with van der Waals surface area (Å²) in [6.45, 7) is 2.20. The Labute approximate surface area is 181 Å². The molecule has 8 heteroatoms. The highest BCUT2D eigenvalue weighted by atomic mass is 16.5. The van der Waals surface area contributed by atoms with Crippen LogP contribution in [0.3, 0.4) is 0 Å². The van der Waals surface area contributed by atoms with Crippen molar-refractivity contribution in [1.29, 1.82) is 0 Å². The van der Waals surface area contributed by atoms with E-state index < -0.39 is 0 Å². The fourth-order valence-corrected chi connectivity index (χ4v) is 3.46. The van der Waals surface area contributed by atoms with Crippen LogP contribution >= 0.6 is 0 Å². The maximum absolute atomic E-state index is 12.1. The van der Waals surface area contributed by atoms with Gasteiger partial charge in [0, 0.05) is 45.2 Å². The van der Waals surface area contributed by atoms with E-state index in [0.29, 0.717) is 29.8 Å². The van der Waals surface area contributed by atoms with Crippen LogP contribution in [0.15, 0.2) is 48.8 Å². The number of carbonyl (C=O) groups is 1. The second-order valence-electron chi connectivity index (χ2n) is 7.79. The minimum absolute atomic E-state index is 0.210. The Bertz CT molecular complexity index is 1030. The Morgan fingerprint density at radius 2 is 1.90 bits per heavy atom. The largest absolute Gasteiger partial charge is 0.438 e. The SMILES string of the molecule is CN(C)c1ccc2c(Oc3ccc(NC(=O)NCC4CCOCC4)cc3)ncnc2c1. The maximum Gasteiger partial charge on any atom is 0.319 e. The summed E-state index contributed by atoms with van der Waals surface area (Å²) in [6, 6.07) is 13.0. The van der Waals surface area contributed by atoms with E-state index in [9.17, 15) is 4.79 Å². The first-order valence-corrected chi connectivity index (χ1v) is 10.4. The highest BCUT2D eigenvalue weighted by Crippen LogP contribution is 2.29. The minimum Gasteiger partial charge on any atom is -0.438 e. The third-order valence-corrected chi connectivity index (χ3v) is 5.32. The molecule has 0 bridgehead atoms. The number of rotatable bonds is 6. The van der Waals surface area contributed by atoms with Crippen LogP contribution in [0.5, 0.6) is 11.6 Å². The van der Waals surface area contributed by atoms with Crippen molar-refractivity contribution in [3.63, 3.8) is 0 Å². The molecule has 2 amide bonds. The van der Waals surface area contributed by atoms with Gasteiger partial charge in [0.15, 0.2) is 0 Å². The van der Waals surface area contributed by atoms with Gasteiger partial charge >= 0.3 is 6.03 Å². The Kier molecular flexibility index (Phi) is 6.47. The van der Waals surface area contributed by atoms with Gasteiger partial charge in [0.1, 0.15) is 12.1 Å². The average Bonchev–Trinajstić information content (AvgIpc) is 2.79. The van der Waals surface area contributed by atoms with Gasteiger partial charge in [-0.1, -0.05) is 0 Å². The number of hydrogen-bond acceptors (Lipinski definition) is 6. The molecule has 0 radical (unpaired) electrons. The molecule has 3 aromatic rings. The van der Waals surface area contributed by atoms with Crippen molar-refractivity contribution in [2.75, 3.05) is 44.1 Å². The predicted octanol–water partition coefficient (Wildman–Crippen LogP) is 4.04. The fraction of sp³-hybridized carbons (Fsp3) is 0.348. The van der Waals surface area contributed by atoms with Gasteiger partial charge in [0.2, 0.25) is 5.88 Å². The van der Waals surface area contributed by atoms with Gasteiger partial charge in [-0.15, -0.1) is 0 Å². The van der Waals surface area contributed by atoms with Crippen molar-refractivity contribution in [2.24, 2.45) is 5.92 Å². The smallest absolute Gasteiger partial charge is 0.319 e. The summed E-state index contributed by atoms with van der Waals surface area (Å²) >= 11 is 0. The minimum atomic E-state index is -0.210. The first-order chi connectivity index (χ1) is 15.1. The average molecular weight is 422 g/mol. The zero-order chi connectivity index (χ0) is 21.6. The number of fused-ring (bicyclic) bond motifs is 1. The summed E-state index contributed by atoms with van der Waals surface area (Å²) in [5, 5.41) is 6.62.